The Morgan fingerprint density at radius 2 is 0.964 bits per heavy atom. The van der Waals surface area contributed by atoms with Crippen LogP contribution >= 0.6 is 0 Å². The maximum Gasteiger partial charge on any atom is 0.300 e. The monoisotopic (exact) mass is 402 g/mol. The molecule has 0 spiro atoms. The molecule has 174 valence electrons. The molecule has 0 rings (SSSR count). The minimum absolute atomic E-state index is 0.833. The Hall–Kier alpha value is -0.530. The summed E-state index contributed by atoms with van der Waals surface area (Å²) in [6.07, 6.45) is 16.7. The first-order valence-electron chi connectivity index (χ1n) is 12.3. The van der Waals surface area contributed by atoms with E-state index in [2.05, 4.69) is 62.3 Å². The highest BCUT2D eigenvalue weighted by Crippen LogP contribution is 2.14. The Bertz CT molecular complexity index is 251. The molecule has 0 bridgehead atoms. The van der Waals surface area contributed by atoms with Crippen LogP contribution in [0.15, 0.2) is 0 Å². The van der Waals surface area contributed by atoms with Gasteiger partial charge in [-0.1, -0.05) is 139 Å². The van der Waals surface area contributed by atoms with E-state index in [-0.39, 0.29) is 0 Å². The largest absolute Gasteiger partial charge is 0.481 e. The van der Waals surface area contributed by atoms with E-state index < -0.39 is 5.97 Å². The van der Waals surface area contributed by atoms with E-state index in [1.807, 2.05) is 0 Å². The lowest BCUT2D eigenvalue weighted by atomic mass is 9.98. The van der Waals surface area contributed by atoms with Crippen molar-refractivity contribution in [2.24, 2.45) is 17.8 Å². The molecule has 0 aliphatic heterocycles. The summed E-state index contributed by atoms with van der Waals surface area (Å²) < 4.78 is 0. The average molecular weight is 403 g/mol. The highest BCUT2D eigenvalue weighted by atomic mass is 16.4. The van der Waals surface area contributed by atoms with Crippen LogP contribution in [0.25, 0.3) is 0 Å². The van der Waals surface area contributed by atoms with Gasteiger partial charge in [-0.15, -0.1) is 0 Å². The number of carboxylic acid groups (broad SMARTS) is 1. The third-order valence-electron chi connectivity index (χ3n) is 4.52. The summed E-state index contributed by atoms with van der Waals surface area (Å²) >= 11 is 0. The zero-order chi connectivity index (χ0) is 22.8. The molecule has 0 fully saturated rings. The van der Waals surface area contributed by atoms with E-state index in [0.29, 0.717) is 0 Å². The first-order valence-corrected chi connectivity index (χ1v) is 12.3. The minimum atomic E-state index is -0.833. The van der Waals surface area contributed by atoms with E-state index in [0.717, 1.165) is 24.7 Å². The van der Waals surface area contributed by atoms with Gasteiger partial charge < -0.3 is 5.11 Å². The standard InChI is InChI=1S/C10H22.C8H18.C6H14.C2H4O2/c1-5-10(4)8-6-7-9(2)3;1-4-5-6-7-8(2)3;1-3-5-6-4-2;1-2(3)4/h9-10H,5-8H2,1-4H3;8H,4-7H2,1-3H3;3-6H2,1-2H3;1H3,(H,3,4). The van der Waals surface area contributed by atoms with Gasteiger partial charge in [-0.25, -0.2) is 0 Å². The molecule has 1 unspecified atom stereocenters. The van der Waals surface area contributed by atoms with Gasteiger partial charge in [0.05, 0.1) is 0 Å². The Morgan fingerprint density at radius 1 is 0.643 bits per heavy atom. The molecule has 0 saturated carbocycles. The first-order chi connectivity index (χ1) is 13.1. The maximum absolute atomic E-state index is 9.00. The summed E-state index contributed by atoms with van der Waals surface area (Å²) in [5.74, 6) is 1.91. The highest BCUT2D eigenvalue weighted by molar-refractivity contribution is 5.62. The highest BCUT2D eigenvalue weighted by Gasteiger charge is 1.99. The lowest BCUT2D eigenvalue weighted by Gasteiger charge is -2.08. The molecule has 0 aliphatic rings. The van der Waals surface area contributed by atoms with Crippen molar-refractivity contribution in [3.63, 3.8) is 0 Å². The Balaban J connectivity index is -0.000000144. The van der Waals surface area contributed by atoms with E-state index >= 15 is 0 Å². The van der Waals surface area contributed by atoms with Crippen LogP contribution < -0.4 is 0 Å². The number of rotatable bonds is 12. The van der Waals surface area contributed by atoms with Crippen LogP contribution in [0, 0.1) is 17.8 Å². The predicted octanol–water partition coefficient (Wildman–Crippen LogP) is 9.76. The maximum atomic E-state index is 9.00. The van der Waals surface area contributed by atoms with Gasteiger partial charge in [0.15, 0.2) is 0 Å². The van der Waals surface area contributed by atoms with E-state index in [4.69, 9.17) is 9.90 Å². The summed E-state index contributed by atoms with van der Waals surface area (Å²) in [4.78, 5) is 9.00. The Labute approximate surface area is 180 Å². The number of unbranched alkanes of at least 4 members (excludes halogenated alkanes) is 5. The van der Waals surface area contributed by atoms with Crippen LogP contribution in [0.1, 0.15) is 146 Å². The quantitative estimate of drug-likeness (QED) is 0.330. The molecular formula is C26H58O2. The van der Waals surface area contributed by atoms with Gasteiger partial charge in [-0.2, -0.15) is 0 Å². The lowest BCUT2D eigenvalue weighted by molar-refractivity contribution is -0.134. The van der Waals surface area contributed by atoms with E-state index in [1.54, 1.807) is 0 Å². The molecule has 28 heavy (non-hydrogen) atoms. The van der Waals surface area contributed by atoms with Gasteiger partial charge >= 0.3 is 0 Å². The fourth-order valence-electron chi connectivity index (χ4n) is 2.38. The van der Waals surface area contributed by atoms with Gasteiger partial charge in [0.2, 0.25) is 0 Å². The van der Waals surface area contributed by atoms with Crippen molar-refractivity contribution in [3.8, 4) is 0 Å². The van der Waals surface area contributed by atoms with Crippen molar-refractivity contribution in [1.29, 1.82) is 0 Å². The Morgan fingerprint density at radius 3 is 1.25 bits per heavy atom. The first kappa shape index (κ1) is 34.9. The van der Waals surface area contributed by atoms with Crippen LogP contribution in [0.2, 0.25) is 0 Å². The smallest absolute Gasteiger partial charge is 0.300 e. The normalized spacial score (nSPS) is 10.9. The van der Waals surface area contributed by atoms with Crippen molar-refractivity contribution in [1.82, 2.24) is 0 Å². The van der Waals surface area contributed by atoms with E-state index in [9.17, 15) is 0 Å². The lowest BCUT2D eigenvalue weighted by Crippen LogP contribution is -1.94. The number of hydrogen-bond donors (Lipinski definition) is 1. The van der Waals surface area contributed by atoms with Crippen molar-refractivity contribution < 1.29 is 9.90 Å². The zero-order valence-electron chi connectivity index (χ0n) is 21.6. The van der Waals surface area contributed by atoms with Gasteiger partial charge in [0, 0.05) is 6.92 Å². The third kappa shape index (κ3) is 63.7. The average Bonchev–Trinajstić information content (AvgIpc) is 2.60. The Kier molecular flexibility index (Phi) is 38.9. The molecule has 0 aromatic rings. The van der Waals surface area contributed by atoms with Gasteiger partial charge in [0.1, 0.15) is 0 Å². The van der Waals surface area contributed by atoms with Crippen LogP contribution in [-0.2, 0) is 4.79 Å². The van der Waals surface area contributed by atoms with Crippen molar-refractivity contribution in [3.05, 3.63) is 0 Å². The van der Waals surface area contributed by atoms with Gasteiger partial charge in [0.25, 0.3) is 5.97 Å². The number of aliphatic carboxylic acids is 1. The van der Waals surface area contributed by atoms with E-state index in [1.165, 1.54) is 77.0 Å². The minimum Gasteiger partial charge on any atom is -0.481 e. The molecule has 2 heteroatoms. The number of carbonyl (C=O) groups is 1. The molecule has 0 aromatic heterocycles. The molecule has 0 heterocycles. The van der Waals surface area contributed by atoms with Crippen molar-refractivity contribution >= 4 is 5.97 Å². The molecule has 0 amide bonds. The molecule has 2 nitrogen and oxygen atoms in total. The van der Waals surface area contributed by atoms with Crippen LogP contribution in [0.4, 0.5) is 0 Å². The zero-order valence-corrected chi connectivity index (χ0v) is 21.6. The van der Waals surface area contributed by atoms with Crippen molar-refractivity contribution in [2.45, 2.75) is 146 Å². The molecule has 0 saturated heterocycles. The van der Waals surface area contributed by atoms with Gasteiger partial charge in [-0.3, -0.25) is 4.79 Å². The summed E-state index contributed by atoms with van der Waals surface area (Å²) in [5.41, 5.74) is 0. The fourth-order valence-corrected chi connectivity index (χ4v) is 2.38. The van der Waals surface area contributed by atoms with Crippen LogP contribution in [-0.4, -0.2) is 11.1 Å². The summed E-state index contributed by atoms with van der Waals surface area (Å²) in [6, 6.07) is 0. The van der Waals surface area contributed by atoms with Crippen LogP contribution in [0.5, 0.6) is 0 Å². The predicted molar refractivity (Wildman–Crippen MR) is 130 cm³/mol. The van der Waals surface area contributed by atoms with Gasteiger partial charge in [-0.05, 0) is 17.8 Å². The molecular weight excluding hydrogens is 344 g/mol. The molecule has 0 aliphatic carbocycles. The third-order valence-corrected chi connectivity index (χ3v) is 4.52. The fraction of sp³-hybridized carbons (Fsp3) is 0.962. The summed E-state index contributed by atoms with van der Waals surface area (Å²) in [5, 5.41) is 7.42. The SMILES string of the molecule is CC(=O)O.CCC(C)CCCC(C)C.CCCCCC.CCCCCC(C)C. The molecule has 0 aromatic carbocycles. The topological polar surface area (TPSA) is 37.3 Å². The van der Waals surface area contributed by atoms with Crippen LogP contribution in [0.3, 0.4) is 0 Å². The summed E-state index contributed by atoms with van der Waals surface area (Å²) in [7, 11) is 0. The number of carboxylic acids is 1. The second kappa shape index (κ2) is 31.2. The summed E-state index contributed by atoms with van der Waals surface area (Å²) in [6.45, 7) is 21.6. The second-order valence-corrected chi connectivity index (χ2v) is 8.95. The second-order valence-electron chi connectivity index (χ2n) is 8.95. The molecule has 1 atom stereocenters. The molecule has 0 radical (unpaired) electrons. The van der Waals surface area contributed by atoms with Crippen molar-refractivity contribution in [2.75, 3.05) is 0 Å². The molecule has 1 N–H and O–H groups in total. The number of hydrogen-bond acceptors (Lipinski definition) is 1.